The molecule has 2 aromatic rings. The van der Waals surface area contributed by atoms with Crippen molar-refractivity contribution in [1.29, 1.82) is 0 Å². The third kappa shape index (κ3) is 3.52. The van der Waals surface area contributed by atoms with Crippen molar-refractivity contribution >= 4 is 28.7 Å². The molecule has 0 spiro atoms. The van der Waals surface area contributed by atoms with Crippen LogP contribution >= 0.6 is 11.6 Å². The van der Waals surface area contributed by atoms with Gasteiger partial charge in [0.25, 0.3) is 0 Å². The summed E-state index contributed by atoms with van der Waals surface area (Å²) in [5.41, 5.74) is 6.31. The van der Waals surface area contributed by atoms with Crippen LogP contribution in [0, 0.1) is 0 Å². The highest BCUT2D eigenvalue weighted by Crippen LogP contribution is 2.35. The van der Waals surface area contributed by atoms with E-state index < -0.39 is 11.7 Å². The molecule has 0 heterocycles. The van der Waals surface area contributed by atoms with Gasteiger partial charge in [-0.25, -0.2) is 0 Å². The van der Waals surface area contributed by atoms with E-state index >= 15 is 0 Å². The monoisotopic (exact) mass is 316 g/mol. The lowest BCUT2D eigenvalue weighted by Crippen LogP contribution is -2.05. The molecule has 7 heteroatoms. The van der Waals surface area contributed by atoms with E-state index in [0.717, 1.165) is 12.1 Å². The number of rotatable bonds is 3. The van der Waals surface area contributed by atoms with Gasteiger partial charge in [0.15, 0.2) is 0 Å². The number of nitrogens with two attached hydrogens (primary N) is 1. The number of alkyl halides is 3. The molecule has 0 radical (unpaired) electrons. The van der Waals surface area contributed by atoms with Crippen molar-refractivity contribution in [2.75, 3.05) is 18.2 Å². The molecule has 0 bridgehead atoms. The SMILES string of the molecule is COc1cc(Nc2ccc(C(F)(F)F)cc2Cl)ccc1N. The summed E-state index contributed by atoms with van der Waals surface area (Å²) in [7, 11) is 1.47. The molecule has 0 fully saturated rings. The van der Waals surface area contributed by atoms with E-state index in [9.17, 15) is 13.2 Å². The predicted octanol–water partition coefficient (Wildman–Crippen LogP) is 4.69. The van der Waals surface area contributed by atoms with Crippen LogP contribution in [0.5, 0.6) is 5.75 Å². The van der Waals surface area contributed by atoms with E-state index in [4.69, 9.17) is 22.1 Å². The molecule has 0 aliphatic rings. The third-order valence-corrected chi connectivity index (χ3v) is 3.12. The second-order valence-electron chi connectivity index (χ2n) is 4.27. The van der Waals surface area contributed by atoms with Gasteiger partial charge in [-0.1, -0.05) is 11.6 Å². The summed E-state index contributed by atoms with van der Waals surface area (Å²) < 4.78 is 42.8. The van der Waals surface area contributed by atoms with Crippen molar-refractivity contribution in [3.05, 3.63) is 47.0 Å². The Hall–Kier alpha value is -2.08. The molecule has 2 aromatic carbocycles. The molecule has 3 nitrogen and oxygen atoms in total. The van der Waals surface area contributed by atoms with Crippen LogP contribution in [-0.2, 0) is 6.18 Å². The zero-order valence-corrected chi connectivity index (χ0v) is 11.7. The summed E-state index contributed by atoms with van der Waals surface area (Å²) in [4.78, 5) is 0. The number of nitrogen functional groups attached to an aromatic ring is 1. The van der Waals surface area contributed by atoms with Crippen LogP contribution in [0.4, 0.5) is 30.2 Å². The van der Waals surface area contributed by atoms with E-state index in [0.29, 0.717) is 22.8 Å². The lowest BCUT2D eigenvalue weighted by atomic mass is 10.2. The number of ether oxygens (including phenoxy) is 1. The molecular formula is C14H12ClF3N2O. The Balaban J connectivity index is 2.28. The lowest BCUT2D eigenvalue weighted by Gasteiger charge is -2.13. The van der Waals surface area contributed by atoms with Crippen LogP contribution in [0.25, 0.3) is 0 Å². The molecule has 0 saturated carbocycles. The summed E-state index contributed by atoms with van der Waals surface area (Å²) in [5.74, 6) is 0.461. The predicted molar refractivity (Wildman–Crippen MR) is 77.1 cm³/mol. The fourth-order valence-electron chi connectivity index (χ4n) is 1.74. The first kappa shape index (κ1) is 15.3. The number of anilines is 3. The van der Waals surface area contributed by atoms with Gasteiger partial charge in [0.05, 0.1) is 29.1 Å². The summed E-state index contributed by atoms with van der Waals surface area (Å²) in [6.07, 6.45) is -4.42. The first-order valence-electron chi connectivity index (χ1n) is 5.88. The molecule has 0 atom stereocenters. The smallest absolute Gasteiger partial charge is 0.416 e. The highest BCUT2D eigenvalue weighted by Gasteiger charge is 2.30. The largest absolute Gasteiger partial charge is 0.495 e. The Kier molecular flexibility index (Phi) is 4.18. The van der Waals surface area contributed by atoms with Crippen LogP contribution in [0.3, 0.4) is 0 Å². The van der Waals surface area contributed by atoms with Crippen LogP contribution in [0.2, 0.25) is 5.02 Å². The Morgan fingerprint density at radius 3 is 2.43 bits per heavy atom. The number of halogens is 4. The van der Waals surface area contributed by atoms with E-state index in [-0.39, 0.29) is 5.02 Å². The van der Waals surface area contributed by atoms with Gasteiger partial charge in [-0.05, 0) is 30.3 Å². The number of hydrogen-bond acceptors (Lipinski definition) is 3. The summed E-state index contributed by atoms with van der Waals surface area (Å²) in [5, 5.41) is 2.89. The first-order valence-corrected chi connectivity index (χ1v) is 6.26. The fourth-order valence-corrected chi connectivity index (χ4v) is 1.96. The zero-order chi connectivity index (χ0) is 15.6. The van der Waals surface area contributed by atoms with Crippen LogP contribution in [0.1, 0.15) is 5.56 Å². The first-order chi connectivity index (χ1) is 9.81. The minimum Gasteiger partial charge on any atom is -0.495 e. The van der Waals surface area contributed by atoms with Crippen LogP contribution in [-0.4, -0.2) is 7.11 Å². The number of methoxy groups -OCH3 is 1. The van der Waals surface area contributed by atoms with Gasteiger partial charge in [-0.2, -0.15) is 13.2 Å². The van der Waals surface area contributed by atoms with E-state index in [1.807, 2.05) is 0 Å². The minimum atomic E-state index is -4.42. The van der Waals surface area contributed by atoms with Crippen molar-refractivity contribution in [2.45, 2.75) is 6.18 Å². The number of hydrogen-bond donors (Lipinski definition) is 2. The maximum absolute atomic E-state index is 12.6. The summed E-state index contributed by atoms with van der Waals surface area (Å²) in [6, 6.07) is 8.03. The summed E-state index contributed by atoms with van der Waals surface area (Å²) >= 11 is 5.87. The molecule has 0 amide bonds. The molecule has 2 rings (SSSR count). The molecule has 3 N–H and O–H groups in total. The van der Waals surface area contributed by atoms with Crippen molar-refractivity contribution in [1.82, 2.24) is 0 Å². The highest BCUT2D eigenvalue weighted by molar-refractivity contribution is 6.33. The molecule has 21 heavy (non-hydrogen) atoms. The van der Waals surface area contributed by atoms with Crippen molar-refractivity contribution < 1.29 is 17.9 Å². The zero-order valence-electron chi connectivity index (χ0n) is 11.0. The Morgan fingerprint density at radius 1 is 1.14 bits per heavy atom. The average Bonchev–Trinajstić information content (AvgIpc) is 2.42. The quantitative estimate of drug-likeness (QED) is 0.807. The number of nitrogens with one attached hydrogen (secondary N) is 1. The lowest BCUT2D eigenvalue weighted by molar-refractivity contribution is -0.137. The maximum Gasteiger partial charge on any atom is 0.416 e. The van der Waals surface area contributed by atoms with E-state index in [2.05, 4.69) is 5.32 Å². The van der Waals surface area contributed by atoms with Gasteiger partial charge in [0, 0.05) is 11.8 Å². The van der Waals surface area contributed by atoms with Crippen LogP contribution in [0.15, 0.2) is 36.4 Å². The standard InChI is InChI=1S/C14H12ClF3N2O/c1-21-13-7-9(3-4-11(13)19)20-12-5-2-8(6-10(12)15)14(16,17)18/h2-7,20H,19H2,1H3. The van der Waals surface area contributed by atoms with Gasteiger partial charge in [0.2, 0.25) is 0 Å². The average molecular weight is 317 g/mol. The van der Waals surface area contributed by atoms with Gasteiger partial charge >= 0.3 is 6.18 Å². The minimum absolute atomic E-state index is 0.0272. The van der Waals surface area contributed by atoms with Gasteiger partial charge < -0.3 is 15.8 Å². The molecular weight excluding hydrogens is 305 g/mol. The second-order valence-corrected chi connectivity index (χ2v) is 4.68. The number of benzene rings is 2. The normalized spacial score (nSPS) is 11.3. The maximum atomic E-state index is 12.6. The topological polar surface area (TPSA) is 47.3 Å². The van der Waals surface area contributed by atoms with Crippen molar-refractivity contribution in [2.24, 2.45) is 0 Å². The Bertz CT molecular complexity index is 659. The van der Waals surface area contributed by atoms with Crippen molar-refractivity contribution in [3.63, 3.8) is 0 Å². The van der Waals surface area contributed by atoms with Crippen molar-refractivity contribution in [3.8, 4) is 5.75 Å². The highest BCUT2D eigenvalue weighted by atomic mass is 35.5. The van der Waals surface area contributed by atoms with Gasteiger partial charge in [-0.15, -0.1) is 0 Å². The molecule has 0 aliphatic heterocycles. The van der Waals surface area contributed by atoms with Crippen LogP contribution < -0.4 is 15.8 Å². The molecule has 0 aromatic heterocycles. The van der Waals surface area contributed by atoms with E-state index in [1.54, 1.807) is 18.2 Å². The van der Waals surface area contributed by atoms with Gasteiger partial charge in [0.1, 0.15) is 5.75 Å². The Labute approximate surface area is 124 Å². The summed E-state index contributed by atoms with van der Waals surface area (Å²) in [6.45, 7) is 0. The second kappa shape index (κ2) is 5.73. The Morgan fingerprint density at radius 2 is 1.86 bits per heavy atom. The third-order valence-electron chi connectivity index (χ3n) is 2.81. The molecule has 0 aliphatic carbocycles. The van der Waals surface area contributed by atoms with Gasteiger partial charge in [-0.3, -0.25) is 0 Å². The van der Waals surface area contributed by atoms with E-state index in [1.165, 1.54) is 13.2 Å². The fraction of sp³-hybridized carbons (Fsp3) is 0.143. The molecule has 0 unspecified atom stereocenters. The molecule has 0 saturated heterocycles. The molecule has 112 valence electrons.